The van der Waals surface area contributed by atoms with Crippen molar-refractivity contribution in [3.8, 4) is 0 Å². The number of nitrogens with one attached hydrogen (secondary N) is 1. The van der Waals surface area contributed by atoms with Gasteiger partial charge in [0.15, 0.2) is 5.69 Å². The molecule has 0 atom stereocenters. The molecule has 0 radical (unpaired) electrons. The van der Waals surface area contributed by atoms with Gasteiger partial charge in [0.2, 0.25) is 0 Å². The minimum atomic E-state index is -0.0627. The van der Waals surface area contributed by atoms with Crippen molar-refractivity contribution in [3.05, 3.63) is 18.0 Å². The largest absolute Gasteiger partial charge is 0.364 e. The Morgan fingerprint density at radius 2 is 2.38 bits per heavy atom. The van der Waals surface area contributed by atoms with E-state index in [1.807, 2.05) is 7.05 Å². The zero-order chi connectivity index (χ0) is 11.4. The Morgan fingerprint density at radius 3 is 3.00 bits per heavy atom. The number of hydrogen-bond donors (Lipinski definition) is 1. The Hall–Kier alpha value is -1.36. The summed E-state index contributed by atoms with van der Waals surface area (Å²) in [6.07, 6.45) is 3.69. The summed E-state index contributed by atoms with van der Waals surface area (Å²) in [7, 11) is 1.82. The molecule has 1 aromatic rings. The molecule has 5 heteroatoms. The van der Waals surface area contributed by atoms with Gasteiger partial charge in [0.25, 0.3) is 5.91 Å². The summed E-state index contributed by atoms with van der Waals surface area (Å²) >= 11 is 0. The van der Waals surface area contributed by atoms with Gasteiger partial charge in [-0.2, -0.15) is 0 Å². The first-order chi connectivity index (χ1) is 7.77. The Kier molecular flexibility index (Phi) is 3.56. The van der Waals surface area contributed by atoms with Crippen LogP contribution in [0.2, 0.25) is 0 Å². The van der Waals surface area contributed by atoms with Crippen molar-refractivity contribution in [2.24, 2.45) is 5.92 Å². The SMILES string of the molecule is CN(CC1CCNCC1)C(=O)c1ccon1. The molecule has 0 spiro atoms. The number of amides is 1. The lowest BCUT2D eigenvalue weighted by atomic mass is 9.97. The lowest BCUT2D eigenvalue weighted by Gasteiger charge is -2.27. The monoisotopic (exact) mass is 223 g/mol. The fourth-order valence-electron chi connectivity index (χ4n) is 2.05. The van der Waals surface area contributed by atoms with Crippen LogP contribution < -0.4 is 5.32 Å². The highest BCUT2D eigenvalue weighted by Gasteiger charge is 2.20. The molecule has 88 valence electrons. The van der Waals surface area contributed by atoms with Gasteiger partial charge in [-0.15, -0.1) is 0 Å². The number of piperidine rings is 1. The number of nitrogens with zero attached hydrogens (tertiary/aromatic N) is 2. The van der Waals surface area contributed by atoms with E-state index < -0.39 is 0 Å². The fraction of sp³-hybridized carbons (Fsp3) is 0.636. The van der Waals surface area contributed by atoms with Gasteiger partial charge in [-0.25, -0.2) is 0 Å². The lowest BCUT2D eigenvalue weighted by molar-refractivity contribution is 0.0752. The van der Waals surface area contributed by atoms with Crippen molar-refractivity contribution in [1.82, 2.24) is 15.4 Å². The van der Waals surface area contributed by atoms with E-state index >= 15 is 0 Å². The van der Waals surface area contributed by atoms with Crippen LogP contribution in [0.5, 0.6) is 0 Å². The van der Waals surface area contributed by atoms with E-state index in [0.29, 0.717) is 11.6 Å². The van der Waals surface area contributed by atoms with Crippen LogP contribution in [-0.4, -0.2) is 42.6 Å². The summed E-state index contributed by atoms with van der Waals surface area (Å²) in [6, 6.07) is 1.60. The highest BCUT2D eigenvalue weighted by atomic mass is 16.5. The third kappa shape index (κ3) is 2.61. The molecule has 16 heavy (non-hydrogen) atoms. The van der Waals surface area contributed by atoms with Gasteiger partial charge < -0.3 is 14.7 Å². The summed E-state index contributed by atoms with van der Waals surface area (Å²) in [5.41, 5.74) is 0.386. The molecule has 1 aliphatic rings. The molecule has 0 aliphatic carbocycles. The van der Waals surface area contributed by atoms with E-state index in [4.69, 9.17) is 0 Å². The Labute approximate surface area is 94.8 Å². The van der Waals surface area contributed by atoms with E-state index in [-0.39, 0.29) is 5.91 Å². The van der Waals surface area contributed by atoms with E-state index in [2.05, 4.69) is 15.0 Å². The molecule has 1 N–H and O–H groups in total. The van der Waals surface area contributed by atoms with Crippen molar-refractivity contribution in [2.75, 3.05) is 26.7 Å². The van der Waals surface area contributed by atoms with Crippen LogP contribution in [0.3, 0.4) is 0 Å². The Balaban J connectivity index is 1.87. The summed E-state index contributed by atoms with van der Waals surface area (Å²) < 4.78 is 4.67. The Morgan fingerprint density at radius 1 is 1.62 bits per heavy atom. The molecule has 1 saturated heterocycles. The van der Waals surface area contributed by atoms with Gasteiger partial charge in [-0.3, -0.25) is 4.79 Å². The minimum absolute atomic E-state index is 0.0627. The maximum Gasteiger partial charge on any atom is 0.275 e. The summed E-state index contributed by atoms with van der Waals surface area (Å²) in [6.45, 7) is 2.90. The second kappa shape index (κ2) is 5.12. The normalized spacial score (nSPS) is 17.3. The molecule has 1 fully saturated rings. The van der Waals surface area contributed by atoms with Gasteiger partial charge in [-0.05, 0) is 31.8 Å². The van der Waals surface area contributed by atoms with E-state index in [1.54, 1.807) is 11.0 Å². The highest BCUT2D eigenvalue weighted by molar-refractivity contribution is 5.91. The number of rotatable bonds is 3. The van der Waals surface area contributed by atoms with E-state index in [1.165, 1.54) is 6.26 Å². The van der Waals surface area contributed by atoms with Gasteiger partial charge >= 0.3 is 0 Å². The predicted molar refractivity (Wildman–Crippen MR) is 59.1 cm³/mol. The topological polar surface area (TPSA) is 58.4 Å². The number of carbonyl (C=O) groups is 1. The maximum absolute atomic E-state index is 11.9. The van der Waals surface area contributed by atoms with Crippen molar-refractivity contribution in [2.45, 2.75) is 12.8 Å². The maximum atomic E-state index is 11.9. The molecule has 2 heterocycles. The predicted octanol–water partition coefficient (Wildman–Crippen LogP) is 0.746. The number of hydrogen-bond acceptors (Lipinski definition) is 4. The molecule has 2 rings (SSSR count). The first kappa shape index (κ1) is 11.1. The quantitative estimate of drug-likeness (QED) is 0.821. The summed E-state index contributed by atoms with van der Waals surface area (Å²) in [4.78, 5) is 13.6. The standard InChI is InChI=1S/C11H17N3O2/c1-14(8-9-2-5-12-6-3-9)11(15)10-4-7-16-13-10/h4,7,9,12H,2-3,5-6,8H2,1H3. The van der Waals surface area contributed by atoms with Crippen LogP contribution >= 0.6 is 0 Å². The average Bonchev–Trinajstić information content (AvgIpc) is 2.83. The lowest BCUT2D eigenvalue weighted by Crippen LogP contribution is -2.37. The molecular formula is C11H17N3O2. The highest BCUT2D eigenvalue weighted by Crippen LogP contribution is 2.13. The van der Waals surface area contributed by atoms with Crippen molar-refractivity contribution < 1.29 is 9.32 Å². The zero-order valence-electron chi connectivity index (χ0n) is 9.48. The molecular weight excluding hydrogens is 206 g/mol. The zero-order valence-corrected chi connectivity index (χ0v) is 9.48. The molecule has 5 nitrogen and oxygen atoms in total. The van der Waals surface area contributed by atoms with Gasteiger partial charge in [-0.1, -0.05) is 5.16 Å². The first-order valence-corrected chi connectivity index (χ1v) is 5.64. The fourth-order valence-corrected chi connectivity index (χ4v) is 2.05. The van der Waals surface area contributed by atoms with Crippen molar-refractivity contribution >= 4 is 5.91 Å². The minimum Gasteiger partial charge on any atom is -0.364 e. The second-order valence-electron chi connectivity index (χ2n) is 4.26. The second-order valence-corrected chi connectivity index (χ2v) is 4.26. The smallest absolute Gasteiger partial charge is 0.275 e. The average molecular weight is 223 g/mol. The van der Waals surface area contributed by atoms with Gasteiger partial charge in [0, 0.05) is 19.7 Å². The molecule has 1 aromatic heterocycles. The molecule has 0 bridgehead atoms. The summed E-state index contributed by atoms with van der Waals surface area (Å²) in [5.74, 6) is 0.536. The number of carbonyl (C=O) groups excluding carboxylic acids is 1. The van der Waals surface area contributed by atoms with Crippen LogP contribution in [0.15, 0.2) is 16.9 Å². The molecule has 0 aromatic carbocycles. The van der Waals surface area contributed by atoms with Crippen LogP contribution in [0.4, 0.5) is 0 Å². The van der Waals surface area contributed by atoms with Crippen molar-refractivity contribution in [1.29, 1.82) is 0 Å². The Bertz CT molecular complexity index is 331. The third-order valence-corrected chi connectivity index (χ3v) is 2.99. The molecule has 1 amide bonds. The third-order valence-electron chi connectivity index (χ3n) is 2.99. The molecule has 1 aliphatic heterocycles. The van der Waals surface area contributed by atoms with Crippen LogP contribution in [0, 0.1) is 5.92 Å². The number of aromatic nitrogens is 1. The van der Waals surface area contributed by atoms with Crippen LogP contribution in [0.1, 0.15) is 23.3 Å². The van der Waals surface area contributed by atoms with Gasteiger partial charge in [0.1, 0.15) is 6.26 Å². The summed E-state index contributed by atoms with van der Waals surface area (Å²) in [5, 5.41) is 6.97. The first-order valence-electron chi connectivity index (χ1n) is 5.64. The van der Waals surface area contributed by atoms with Gasteiger partial charge in [0.05, 0.1) is 0 Å². The van der Waals surface area contributed by atoms with Crippen LogP contribution in [-0.2, 0) is 0 Å². The van der Waals surface area contributed by atoms with Crippen molar-refractivity contribution in [3.63, 3.8) is 0 Å². The molecule has 0 unspecified atom stereocenters. The molecule has 0 saturated carbocycles. The van der Waals surface area contributed by atoms with E-state index in [0.717, 1.165) is 32.5 Å². The van der Waals surface area contributed by atoms with E-state index in [9.17, 15) is 4.79 Å². The van der Waals surface area contributed by atoms with Crippen LogP contribution in [0.25, 0.3) is 0 Å².